The monoisotopic (exact) mass is 454 g/mol. The highest BCUT2D eigenvalue weighted by Gasteiger charge is 2.20. The van der Waals surface area contributed by atoms with E-state index in [1.165, 1.54) is 4.88 Å². The van der Waals surface area contributed by atoms with Gasteiger partial charge in [0.25, 0.3) is 5.56 Å². The number of hydrogen-bond donors (Lipinski definition) is 1. The molecule has 28 heavy (non-hydrogen) atoms. The molecule has 1 aromatic carbocycles. The number of thiophene rings is 1. The van der Waals surface area contributed by atoms with Crippen molar-refractivity contribution in [1.82, 2.24) is 9.78 Å². The van der Waals surface area contributed by atoms with Gasteiger partial charge in [-0.25, -0.2) is 9.67 Å². The zero-order valence-electron chi connectivity index (χ0n) is 15.7. The van der Waals surface area contributed by atoms with Gasteiger partial charge in [0.05, 0.1) is 16.8 Å². The lowest BCUT2D eigenvalue weighted by Crippen LogP contribution is -2.18. The molecule has 1 N–H and O–H groups in total. The van der Waals surface area contributed by atoms with Gasteiger partial charge in [-0.05, 0) is 68.9 Å². The smallest absolute Gasteiger partial charge is 0.280 e. The number of nitrogens with one attached hydrogen (secondary N) is 1. The first kappa shape index (κ1) is 18.9. The summed E-state index contributed by atoms with van der Waals surface area (Å²) in [6.45, 7) is 3.82. The van der Waals surface area contributed by atoms with E-state index < -0.39 is 0 Å². The molecule has 3 aromatic rings. The molecule has 0 saturated heterocycles. The fourth-order valence-corrected chi connectivity index (χ4v) is 5.29. The van der Waals surface area contributed by atoms with Crippen LogP contribution in [-0.4, -0.2) is 16.0 Å². The van der Waals surface area contributed by atoms with E-state index in [1.54, 1.807) is 22.2 Å². The van der Waals surface area contributed by atoms with Gasteiger partial charge in [-0.1, -0.05) is 15.9 Å². The molecule has 0 aliphatic heterocycles. The zero-order valence-corrected chi connectivity index (χ0v) is 18.1. The van der Waals surface area contributed by atoms with E-state index in [4.69, 9.17) is 0 Å². The molecule has 1 aliphatic carbocycles. The van der Waals surface area contributed by atoms with Crippen LogP contribution in [0.3, 0.4) is 0 Å². The maximum Gasteiger partial charge on any atom is 0.280 e. The highest BCUT2D eigenvalue weighted by molar-refractivity contribution is 9.10. The lowest BCUT2D eigenvalue weighted by Gasteiger charge is -2.09. The average Bonchev–Trinajstić information content (AvgIpc) is 3.17. The van der Waals surface area contributed by atoms with Crippen LogP contribution in [0.4, 0.5) is 5.00 Å². The van der Waals surface area contributed by atoms with E-state index >= 15 is 0 Å². The molecule has 0 amide bonds. The molecule has 0 bridgehead atoms. The second kappa shape index (κ2) is 7.53. The lowest BCUT2D eigenvalue weighted by molar-refractivity contribution is 0.696. The molecule has 2 heterocycles. The summed E-state index contributed by atoms with van der Waals surface area (Å²) in [7, 11) is 0. The summed E-state index contributed by atoms with van der Waals surface area (Å²) in [5.74, 6) is 0. The van der Waals surface area contributed by atoms with Crippen LogP contribution >= 0.6 is 27.3 Å². The largest absolute Gasteiger partial charge is 0.295 e. The van der Waals surface area contributed by atoms with E-state index in [9.17, 15) is 10.1 Å². The number of nitrogens with zero attached hydrogens (tertiary/aromatic N) is 3. The summed E-state index contributed by atoms with van der Waals surface area (Å²) >= 11 is 5.03. The number of hydrogen-bond acceptors (Lipinski definition) is 4. The van der Waals surface area contributed by atoms with E-state index in [-0.39, 0.29) is 5.56 Å². The van der Waals surface area contributed by atoms with Crippen molar-refractivity contribution in [2.45, 2.75) is 39.5 Å². The third kappa shape index (κ3) is 3.27. The first-order valence-corrected chi connectivity index (χ1v) is 10.8. The van der Waals surface area contributed by atoms with Crippen molar-refractivity contribution in [1.29, 1.82) is 5.26 Å². The zero-order chi connectivity index (χ0) is 19.8. The van der Waals surface area contributed by atoms with Gasteiger partial charge < -0.3 is 0 Å². The molecule has 0 saturated carbocycles. The summed E-state index contributed by atoms with van der Waals surface area (Å²) < 4.78 is 2.51. The highest BCUT2D eigenvalue weighted by atomic mass is 79.9. The second-order valence-corrected chi connectivity index (χ2v) is 8.98. The van der Waals surface area contributed by atoms with Gasteiger partial charge >= 0.3 is 0 Å². The first-order chi connectivity index (χ1) is 13.5. The van der Waals surface area contributed by atoms with Crippen molar-refractivity contribution in [3.05, 3.63) is 65.9 Å². The fraction of sp³-hybridized carbons (Fsp3) is 0.286. The molecule has 1 aliphatic rings. The predicted molar refractivity (Wildman–Crippen MR) is 116 cm³/mol. The Labute approximate surface area is 175 Å². The normalized spacial score (nSPS) is 13.6. The molecule has 0 atom stereocenters. The number of aryl methyl sites for hydroxylation is 3. The minimum absolute atomic E-state index is 0.147. The molecule has 0 fully saturated rings. The van der Waals surface area contributed by atoms with E-state index in [0.29, 0.717) is 16.1 Å². The molecule has 0 unspecified atom stereocenters. The molecule has 7 heteroatoms. The highest BCUT2D eigenvalue weighted by Crippen LogP contribution is 2.39. The number of rotatable bonds is 3. The molecular formula is C21H19BrN4OS. The number of H-pyrrole nitrogens is 1. The maximum absolute atomic E-state index is 13.0. The Bertz CT molecular complexity index is 1190. The minimum Gasteiger partial charge on any atom is -0.295 e. The number of benzene rings is 1. The van der Waals surface area contributed by atoms with Crippen LogP contribution in [0.25, 0.3) is 5.69 Å². The summed E-state index contributed by atoms with van der Waals surface area (Å²) in [5.41, 5.74) is 4.73. The van der Waals surface area contributed by atoms with Crippen LogP contribution in [0.5, 0.6) is 0 Å². The van der Waals surface area contributed by atoms with Crippen LogP contribution in [0.1, 0.15) is 45.7 Å². The van der Waals surface area contributed by atoms with Crippen molar-refractivity contribution in [3.8, 4) is 11.8 Å². The van der Waals surface area contributed by atoms with Gasteiger partial charge in [0.2, 0.25) is 0 Å². The van der Waals surface area contributed by atoms with Gasteiger partial charge in [-0.15, -0.1) is 11.3 Å². The van der Waals surface area contributed by atoms with Gasteiger partial charge in [-0.2, -0.15) is 5.26 Å². The van der Waals surface area contributed by atoms with E-state index in [2.05, 4.69) is 32.1 Å². The topological polar surface area (TPSA) is 73.9 Å². The van der Waals surface area contributed by atoms with Crippen LogP contribution in [0.2, 0.25) is 0 Å². The maximum atomic E-state index is 13.0. The first-order valence-electron chi connectivity index (χ1n) is 9.16. The average molecular weight is 455 g/mol. The molecule has 0 radical (unpaired) electrons. The van der Waals surface area contributed by atoms with E-state index in [1.807, 2.05) is 32.0 Å². The van der Waals surface area contributed by atoms with Gasteiger partial charge in [0.15, 0.2) is 0 Å². The Morgan fingerprint density at radius 2 is 2.11 bits per heavy atom. The molecular weight excluding hydrogens is 436 g/mol. The standard InChI is InChI=1S/C21H19BrN4OS/c1-12-9-14(22)7-8-18(12)26-21(27)17(13(2)25-26)11-24-20-16(10-23)15-5-3-4-6-19(15)28-20/h7-9,11,25H,3-6H2,1-2H3. The summed E-state index contributed by atoms with van der Waals surface area (Å²) in [5, 5.41) is 13.4. The lowest BCUT2D eigenvalue weighted by atomic mass is 9.96. The SMILES string of the molecule is Cc1cc(Br)ccc1-n1[nH]c(C)c(C=Nc2sc3c(c2C#N)CCCC3)c1=O. The van der Waals surface area contributed by atoms with E-state index in [0.717, 1.165) is 52.7 Å². The number of aromatic amines is 1. The molecule has 142 valence electrons. The number of fused-ring (bicyclic) bond motifs is 1. The van der Waals surface area contributed by atoms with Crippen molar-refractivity contribution < 1.29 is 0 Å². The third-order valence-electron chi connectivity index (χ3n) is 5.09. The number of halogens is 1. The van der Waals surface area contributed by atoms with Crippen LogP contribution in [0, 0.1) is 25.2 Å². The summed E-state index contributed by atoms with van der Waals surface area (Å²) in [4.78, 5) is 18.8. The Hall–Kier alpha value is -2.43. The number of aromatic nitrogens is 2. The third-order valence-corrected chi connectivity index (χ3v) is 6.79. The van der Waals surface area contributed by atoms with Crippen LogP contribution in [-0.2, 0) is 12.8 Å². The number of aliphatic imine (C=N–C) groups is 1. The number of nitriles is 1. The summed E-state index contributed by atoms with van der Waals surface area (Å²) in [6.07, 6.45) is 5.84. The molecule has 2 aromatic heterocycles. The fourth-order valence-electron chi connectivity index (χ4n) is 3.63. The Kier molecular flexibility index (Phi) is 5.09. The Morgan fingerprint density at radius 1 is 1.32 bits per heavy atom. The van der Waals surface area contributed by atoms with Crippen LogP contribution < -0.4 is 5.56 Å². The van der Waals surface area contributed by atoms with Crippen molar-refractivity contribution in [2.75, 3.05) is 0 Å². The Morgan fingerprint density at radius 3 is 2.86 bits per heavy atom. The summed E-state index contributed by atoms with van der Waals surface area (Å²) in [6, 6.07) is 8.10. The minimum atomic E-state index is -0.147. The Balaban J connectivity index is 1.74. The van der Waals surface area contributed by atoms with Gasteiger partial charge in [0, 0.05) is 21.3 Å². The van der Waals surface area contributed by atoms with Crippen LogP contribution in [0.15, 0.2) is 32.5 Å². The quantitative estimate of drug-likeness (QED) is 0.558. The van der Waals surface area contributed by atoms with Crippen molar-refractivity contribution >= 4 is 38.5 Å². The van der Waals surface area contributed by atoms with Gasteiger partial charge in [0.1, 0.15) is 11.1 Å². The predicted octanol–water partition coefficient (Wildman–Crippen LogP) is 5.11. The van der Waals surface area contributed by atoms with Gasteiger partial charge in [-0.3, -0.25) is 9.89 Å². The van der Waals surface area contributed by atoms with Crippen molar-refractivity contribution in [3.63, 3.8) is 0 Å². The molecule has 0 spiro atoms. The second-order valence-electron chi connectivity index (χ2n) is 6.98. The molecule has 5 nitrogen and oxygen atoms in total. The molecule has 4 rings (SSSR count). The van der Waals surface area contributed by atoms with Crippen molar-refractivity contribution in [2.24, 2.45) is 4.99 Å².